The third-order valence-corrected chi connectivity index (χ3v) is 3.79. The smallest absolute Gasteiger partial charge is 0.347 e. The summed E-state index contributed by atoms with van der Waals surface area (Å²) >= 11 is 0. The summed E-state index contributed by atoms with van der Waals surface area (Å²) in [6.45, 7) is 1.16. The van der Waals surface area contributed by atoms with E-state index in [0.717, 1.165) is 0 Å². The first-order valence-electron chi connectivity index (χ1n) is 8.73. The summed E-state index contributed by atoms with van der Waals surface area (Å²) in [5, 5.41) is 2.42. The van der Waals surface area contributed by atoms with Gasteiger partial charge in [-0.2, -0.15) is 0 Å². The molecule has 2 aromatic rings. The van der Waals surface area contributed by atoms with Crippen LogP contribution in [0.2, 0.25) is 0 Å². The van der Waals surface area contributed by atoms with Gasteiger partial charge in [0.05, 0.1) is 0 Å². The minimum absolute atomic E-state index is 0.00379. The second-order valence-electron chi connectivity index (χ2n) is 6.01. The van der Waals surface area contributed by atoms with Crippen molar-refractivity contribution < 1.29 is 28.7 Å². The number of nitrogens with one attached hydrogen (secondary N) is 1. The zero-order valence-electron chi connectivity index (χ0n) is 15.7. The highest BCUT2D eigenvalue weighted by molar-refractivity contribution is 6.02. The van der Waals surface area contributed by atoms with Gasteiger partial charge in [-0.25, -0.2) is 4.79 Å². The van der Waals surface area contributed by atoms with Crippen molar-refractivity contribution in [1.29, 1.82) is 0 Å². The van der Waals surface area contributed by atoms with Gasteiger partial charge in [0.2, 0.25) is 11.8 Å². The number of hydrogen-bond donors (Lipinski definition) is 3. The first kappa shape index (κ1) is 21.4. The average molecular weight is 399 g/mol. The number of esters is 1. The van der Waals surface area contributed by atoms with Crippen molar-refractivity contribution in [2.24, 2.45) is 11.5 Å². The van der Waals surface area contributed by atoms with Crippen molar-refractivity contribution >= 4 is 29.4 Å². The van der Waals surface area contributed by atoms with Crippen molar-refractivity contribution in [2.45, 2.75) is 19.4 Å². The molecule has 0 radical (unpaired) electrons. The lowest BCUT2D eigenvalue weighted by atomic mass is 10.1. The summed E-state index contributed by atoms with van der Waals surface area (Å²) < 4.78 is 10.5. The molecular formula is C20H21N3O6. The first-order chi connectivity index (χ1) is 13.8. The summed E-state index contributed by atoms with van der Waals surface area (Å²) in [7, 11) is 0. The lowest BCUT2D eigenvalue weighted by Gasteiger charge is -2.16. The third kappa shape index (κ3) is 6.35. The largest absolute Gasteiger partial charge is 0.479 e. The molecule has 1 atom stereocenters. The van der Waals surface area contributed by atoms with Crippen LogP contribution in [0.1, 0.15) is 34.1 Å². The summed E-state index contributed by atoms with van der Waals surface area (Å²) in [6, 6.07) is 12.5. The molecule has 0 fully saturated rings. The van der Waals surface area contributed by atoms with Crippen LogP contribution in [-0.4, -0.2) is 36.4 Å². The zero-order chi connectivity index (χ0) is 21.4. The molecule has 0 aliphatic carbocycles. The van der Waals surface area contributed by atoms with E-state index in [1.807, 2.05) is 6.07 Å². The van der Waals surface area contributed by atoms with Gasteiger partial charge in [0.25, 0.3) is 5.91 Å². The Morgan fingerprint density at radius 2 is 1.55 bits per heavy atom. The lowest BCUT2D eigenvalue weighted by Crippen LogP contribution is -2.31. The monoisotopic (exact) mass is 399 g/mol. The number of anilines is 1. The molecule has 0 spiro atoms. The minimum Gasteiger partial charge on any atom is -0.479 e. The predicted octanol–water partition coefficient (Wildman–Crippen LogP) is 1.22. The number of amides is 3. The maximum atomic E-state index is 12.2. The number of benzene rings is 2. The van der Waals surface area contributed by atoms with Crippen molar-refractivity contribution in [3.63, 3.8) is 0 Å². The molecule has 0 saturated carbocycles. The second-order valence-corrected chi connectivity index (χ2v) is 6.01. The van der Waals surface area contributed by atoms with Crippen molar-refractivity contribution in [3.05, 3.63) is 59.7 Å². The fraction of sp³-hybridized carbons (Fsp3) is 0.200. The van der Waals surface area contributed by atoms with Gasteiger partial charge in [0, 0.05) is 16.8 Å². The number of carbonyl (C=O) groups is 4. The van der Waals surface area contributed by atoms with E-state index in [9.17, 15) is 19.2 Å². The van der Waals surface area contributed by atoms with Crippen LogP contribution in [0.4, 0.5) is 5.69 Å². The number of carbonyl (C=O) groups excluding carboxylic acids is 4. The fourth-order valence-electron chi connectivity index (χ4n) is 2.37. The Balaban J connectivity index is 1.97. The number of rotatable bonds is 9. The number of hydrogen-bond acceptors (Lipinski definition) is 6. The molecule has 0 aliphatic rings. The molecule has 0 aliphatic heterocycles. The standard InChI is InChI=1S/C20H21N3O6/c1-2-16(29-15-6-4-3-5-7-15)20(27)28-11-17(24)23-14-9-12(18(21)25)8-13(10-14)19(22)26/h3-10,16H,2,11H2,1H3,(H2,21,25)(H2,22,26)(H,23,24)/t16-/m1/s1. The number of nitrogens with two attached hydrogens (primary N) is 2. The highest BCUT2D eigenvalue weighted by Gasteiger charge is 2.21. The molecule has 0 aromatic heterocycles. The van der Waals surface area contributed by atoms with Crippen LogP contribution in [0.25, 0.3) is 0 Å². The minimum atomic E-state index is -0.871. The van der Waals surface area contributed by atoms with E-state index in [1.165, 1.54) is 18.2 Å². The molecule has 9 heteroatoms. The van der Waals surface area contributed by atoms with Gasteiger partial charge in [0.15, 0.2) is 12.7 Å². The van der Waals surface area contributed by atoms with Gasteiger partial charge in [-0.1, -0.05) is 25.1 Å². The van der Waals surface area contributed by atoms with E-state index < -0.39 is 36.4 Å². The van der Waals surface area contributed by atoms with Gasteiger partial charge < -0.3 is 26.3 Å². The van der Waals surface area contributed by atoms with Crippen LogP contribution >= 0.6 is 0 Å². The van der Waals surface area contributed by atoms with Crippen molar-refractivity contribution in [3.8, 4) is 5.75 Å². The Morgan fingerprint density at radius 1 is 0.966 bits per heavy atom. The topological polar surface area (TPSA) is 151 Å². The predicted molar refractivity (Wildman–Crippen MR) is 104 cm³/mol. The average Bonchev–Trinajstić information content (AvgIpc) is 2.70. The van der Waals surface area contributed by atoms with Gasteiger partial charge in [-0.3, -0.25) is 14.4 Å². The molecule has 9 nitrogen and oxygen atoms in total. The number of primary amides is 2. The highest BCUT2D eigenvalue weighted by Crippen LogP contribution is 2.16. The van der Waals surface area contributed by atoms with Gasteiger partial charge in [-0.05, 0) is 36.8 Å². The van der Waals surface area contributed by atoms with Crippen LogP contribution in [-0.2, 0) is 14.3 Å². The number of ether oxygens (including phenoxy) is 2. The summed E-state index contributed by atoms with van der Waals surface area (Å²) in [6.07, 6.45) is -0.525. The van der Waals surface area contributed by atoms with E-state index >= 15 is 0 Å². The van der Waals surface area contributed by atoms with Crippen LogP contribution in [0.5, 0.6) is 5.75 Å². The third-order valence-electron chi connectivity index (χ3n) is 3.79. The van der Waals surface area contributed by atoms with E-state index in [-0.39, 0.29) is 16.8 Å². The molecule has 2 aromatic carbocycles. The van der Waals surface area contributed by atoms with E-state index in [0.29, 0.717) is 12.2 Å². The van der Waals surface area contributed by atoms with E-state index in [1.54, 1.807) is 31.2 Å². The molecule has 5 N–H and O–H groups in total. The molecule has 0 unspecified atom stereocenters. The van der Waals surface area contributed by atoms with E-state index in [2.05, 4.69) is 5.32 Å². The quantitative estimate of drug-likeness (QED) is 0.539. The van der Waals surface area contributed by atoms with Crippen LogP contribution in [0.3, 0.4) is 0 Å². The Kier molecular flexibility index (Phi) is 7.30. The Morgan fingerprint density at radius 3 is 2.07 bits per heavy atom. The second kappa shape index (κ2) is 9.88. The molecule has 29 heavy (non-hydrogen) atoms. The molecule has 0 heterocycles. The lowest BCUT2D eigenvalue weighted by molar-refractivity contribution is -0.154. The summed E-state index contributed by atoms with van der Waals surface area (Å²) in [5.74, 6) is -2.46. The molecule has 0 bridgehead atoms. The van der Waals surface area contributed by atoms with Crippen molar-refractivity contribution in [2.75, 3.05) is 11.9 Å². The normalized spacial score (nSPS) is 11.2. The van der Waals surface area contributed by atoms with E-state index in [4.69, 9.17) is 20.9 Å². The Labute approximate surface area is 167 Å². The molecule has 3 amide bonds. The summed E-state index contributed by atoms with van der Waals surface area (Å²) in [4.78, 5) is 47.0. The molecular weight excluding hydrogens is 378 g/mol. The van der Waals surface area contributed by atoms with Crippen LogP contribution < -0.4 is 21.5 Å². The van der Waals surface area contributed by atoms with Crippen LogP contribution in [0, 0.1) is 0 Å². The maximum Gasteiger partial charge on any atom is 0.347 e. The fourth-order valence-corrected chi connectivity index (χ4v) is 2.37. The first-order valence-corrected chi connectivity index (χ1v) is 8.73. The van der Waals surface area contributed by atoms with Crippen molar-refractivity contribution in [1.82, 2.24) is 0 Å². The molecule has 0 saturated heterocycles. The van der Waals surface area contributed by atoms with Crippen LogP contribution in [0.15, 0.2) is 48.5 Å². The van der Waals surface area contributed by atoms with Gasteiger partial charge >= 0.3 is 5.97 Å². The number of para-hydroxylation sites is 1. The maximum absolute atomic E-state index is 12.2. The highest BCUT2D eigenvalue weighted by atomic mass is 16.6. The zero-order valence-corrected chi connectivity index (χ0v) is 15.7. The molecule has 2 rings (SSSR count). The Bertz CT molecular complexity index is 881. The summed E-state index contributed by atoms with van der Waals surface area (Å²) in [5.41, 5.74) is 10.5. The van der Waals surface area contributed by atoms with Gasteiger partial charge in [-0.15, -0.1) is 0 Å². The SMILES string of the molecule is CC[C@@H](Oc1ccccc1)C(=O)OCC(=O)Nc1cc(C(N)=O)cc(C(N)=O)c1. The van der Waals surface area contributed by atoms with Gasteiger partial charge in [0.1, 0.15) is 5.75 Å². The Hall–Kier alpha value is -3.88. The molecule has 152 valence electrons.